The van der Waals surface area contributed by atoms with Gasteiger partial charge in [0.1, 0.15) is 0 Å². The number of nitrogens with one attached hydrogen (secondary N) is 1. The van der Waals surface area contributed by atoms with Crippen LogP contribution in [0.25, 0.3) is 0 Å². The summed E-state index contributed by atoms with van der Waals surface area (Å²) < 4.78 is 4.88. The van der Waals surface area contributed by atoms with Crippen LogP contribution in [0.2, 0.25) is 0 Å². The lowest BCUT2D eigenvalue weighted by Gasteiger charge is -2.07. The molecule has 0 aliphatic rings. The third-order valence-electron chi connectivity index (χ3n) is 1.13. The maximum Gasteiger partial charge on any atom is 0.407 e. The van der Waals surface area contributed by atoms with Crippen molar-refractivity contribution in [1.29, 1.82) is 0 Å². The third kappa shape index (κ3) is 7.85. The van der Waals surface area contributed by atoms with Crippen LogP contribution in [0, 0.1) is 5.92 Å². The molecule has 0 aliphatic heterocycles. The summed E-state index contributed by atoms with van der Waals surface area (Å²) in [5.41, 5.74) is 0. The highest BCUT2D eigenvalue weighted by molar-refractivity contribution is 9.09. The first-order valence-electron chi connectivity index (χ1n) is 4.13. The molecule has 0 aliphatic carbocycles. The van der Waals surface area contributed by atoms with E-state index in [0.29, 0.717) is 19.1 Å². The third-order valence-corrected chi connectivity index (χ3v) is 1.69. The van der Waals surface area contributed by atoms with E-state index >= 15 is 0 Å². The minimum Gasteiger partial charge on any atom is -0.449 e. The summed E-state index contributed by atoms with van der Waals surface area (Å²) >= 11 is 3.27. The lowest BCUT2D eigenvalue weighted by Crippen LogP contribution is -2.26. The van der Waals surface area contributed by atoms with Gasteiger partial charge in [-0.25, -0.2) is 4.79 Å². The van der Waals surface area contributed by atoms with E-state index in [4.69, 9.17) is 4.74 Å². The first-order valence-corrected chi connectivity index (χ1v) is 5.25. The Hall–Kier alpha value is -0.250. The number of hydrogen-bond donors (Lipinski definition) is 1. The molecule has 0 bridgehead atoms. The van der Waals surface area contributed by atoms with Gasteiger partial charge in [-0.05, 0) is 12.3 Å². The maximum absolute atomic E-state index is 10.9. The zero-order valence-electron chi connectivity index (χ0n) is 7.60. The van der Waals surface area contributed by atoms with Crippen molar-refractivity contribution >= 4 is 22.0 Å². The number of halogens is 1. The van der Waals surface area contributed by atoms with E-state index in [2.05, 4.69) is 21.2 Å². The van der Waals surface area contributed by atoms with Gasteiger partial charge in [0.2, 0.25) is 0 Å². The second kappa shape index (κ2) is 7.40. The van der Waals surface area contributed by atoms with Crippen molar-refractivity contribution in [3.05, 3.63) is 0 Å². The van der Waals surface area contributed by atoms with Crippen molar-refractivity contribution in [2.75, 3.05) is 18.5 Å². The fourth-order valence-corrected chi connectivity index (χ4v) is 0.831. The Morgan fingerprint density at radius 3 is 2.75 bits per heavy atom. The van der Waals surface area contributed by atoms with E-state index in [9.17, 15) is 4.79 Å². The first-order chi connectivity index (χ1) is 5.66. The standard InChI is InChI=1S/C8H16BrNO2/c1-7(2)6-12-8(11)10-5-3-4-9/h7H,3-6H2,1-2H3,(H,10,11). The van der Waals surface area contributed by atoms with Gasteiger partial charge in [0.25, 0.3) is 0 Å². The molecule has 72 valence electrons. The number of carbonyl (C=O) groups excluding carboxylic acids is 1. The molecule has 0 saturated carbocycles. The monoisotopic (exact) mass is 237 g/mol. The number of alkyl carbamates (subject to hydrolysis) is 1. The van der Waals surface area contributed by atoms with E-state index in [1.165, 1.54) is 0 Å². The van der Waals surface area contributed by atoms with Crippen molar-refractivity contribution in [2.24, 2.45) is 5.92 Å². The van der Waals surface area contributed by atoms with Crippen LogP contribution in [0.1, 0.15) is 20.3 Å². The van der Waals surface area contributed by atoms with E-state index < -0.39 is 0 Å². The van der Waals surface area contributed by atoms with Gasteiger partial charge in [-0.1, -0.05) is 29.8 Å². The molecule has 12 heavy (non-hydrogen) atoms. The predicted octanol–water partition coefficient (Wildman–Crippen LogP) is 2.15. The molecule has 1 N–H and O–H groups in total. The number of amides is 1. The number of rotatable bonds is 5. The maximum atomic E-state index is 10.9. The molecule has 0 aromatic heterocycles. The van der Waals surface area contributed by atoms with E-state index in [0.717, 1.165) is 11.8 Å². The number of carbonyl (C=O) groups is 1. The minimum atomic E-state index is -0.315. The van der Waals surface area contributed by atoms with E-state index in [1.807, 2.05) is 13.8 Å². The molecular weight excluding hydrogens is 222 g/mol. The number of hydrogen-bond acceptors (Lipinski definition) is 2. The molecule has 0 atom stereocenters. The van der Waals surface area contributed by atoms with Crippen LogP contribution in [0.3, 0.4) is 0 Å². The average molecular weight is 238 g/mol. The lowest BCUT2D eigenvalue weighted by atomic mass is 10.2. The summed E-state index contributed by atoms with van der Waals surface area (Å²) in [6.45, 7) is 5.17. The van der Waals surface area contributed by atoms with Crippen LogP contribution in [0.5, 0.6) is 0 Å². The van der Waals surface area contributed by atoms with Crippen LogP contribution in [0.4, 0.5) is 4.79 Å². The highest BCUT2D eigenvalue weighted by atomic mass is 79.9. The van der Waals surface area contributed by atoms with Crippen LogP contribution >= 0.6 is 15.9 Å². The van der Waals surface area contributed by atoms with Crippen LogP contribution in [-0.4, -0.2) is 24.6 Å². The first kappa shape index (κ1) is 11.8. The van der Waals surface area contributed by atoms with E-state index in [1.54, 1.807) is 0 Å². The summed E-state index contributed by atoms with van der Waals surface area (Å²) in [6, 6.07) is 0. The van der Waals surface area contributed by atoms with Crippen molar-refractivity contribution in [3.63, 3.8) is 0 Å². The van der Waals surface area contributed by atoms with Crippen molar-refractivity contribution in [3.8, 4) is 0 Å². The molecule has 0 aromatic carbocycles. The summed E-state index contributed by atoms with van der Waals surface area (Å²) in [5, 5.41) is 3.55. The van der Waals surface area contributed by atoms with Crippen molar-refractivity contribution in [1.82, 2.24) is 5.32 Å². The van der Waals surface area contributed by atoms with Crippen LogP contribution in [0.15, 0.2) is 0 Å². The summed E-state index contributed by atoms with van der Waals surface area (Å²) in [5.74, 6) is 0.395. The Morgan fingerprint density at radius 1 is 1.58 bits per heavy atom. The Kier molecular flexibility index (Phi) is 7.25. The van der Waals surface area contributed by atoms with Gasteiger partial charge in [-0.2, -0.15) is 0 Å². The molecule has 3 nitrogen and oxygen atoms in total. The molecule has 0 spiro atoms. The largest absolute Gasteiger partial charge is 0.449 e. The van der Waals surface area contributed by atoms with Gasteiger partial charge in [0, 0.05) is 11.9 Å². The molecule has 0 saturated heterocycles. The predicted molar refractivity (Wildman–Crippen MR) is 52.6 cm³/mol. The van der Waals surface area contributed by atoms with Gasteiger partial charge >= 0.3 is 6.09 Å². The Bertz CT molecular complexity index is 128. The van der Waals surface area contributed by atoms with Crippen LogP contribution < -0.4 is 5.32 Å². The minimum absolute atomic E-state index is 0.315. The Morgan fingerprint density at radius 2 is 2.25 bits per heavy atom. The lowest BCUT2D eigenvalue weighted by molar-refractivity contribution is 0.133. The Labute approximate surface area is 82.0 Å². The molecule has 0 unspecified atom stereocenters. The average Bonchev–Trinajstić information content (AvgIpc) is 2.01. The van der Waals surface area contributed by atoms with Gasteiger partial charge in [0.05, 0.1) is 6.61 Å². The highest BCUT2D eigenvalue weighted by Crippen LogP contribution is 1.92. The molecular formula is C8H16BrNO2. The van der Waals surface area contributed by atoms with Gasteiger partial charge in [-0.15, -0.1) is 0 Å². The molecule has 1 amide bonds. The van der Waals surface area contributed by atoms with Gasteiger partial charge in [0.15, 0.2) is 0 Å². The molecule has 4 heteroatoms. The Balaban J connectivity index is 3.22. The summed E-state index contributed by atoms with van der Waals surface area (Å²) in [4.78, 5) is 10.9. The normalized spacial score (nSPS) is 10.0. The smallest absolute Gasteiger partial charge is 0.407 e. The zero-order valence-corrected chi connectivity index (χ0v) is 9.19. The van der Waals surface area contributed by atoms with Gasteiger partial charge < -0.3 is 10.1 Å². The summed E-state index contributed by atoms with van der Waals surface area (Å²) in [7, 11) is 0. The molecule has 0 aromatic rings. The molecule has 0 rings (SSSR count). The number of ether oxygens (including phenoxy) is 1. The zero-order chi connectivity index (χ0) is 9.40. The van der Waals surface area contributed by atoms with Crippen molar-refractivity contribution < 1.29 is 9.53 Å². The molecule has 0 radical (unpaired) electrons. The quantitative estimate of drug-likeness (QED) is 0.588. The van der Waals surface area contributed by atoms with Crippen LogP contribution in [-0.2, 0) is 4.74 Å². The van der Waals surface area contributed by atoms with Crippen molar-refractivity contribution in [2.45, 2.75) is 20.3 Å². The SMILES string of the molecule is CC(C)COC(=O)NCCCBr. The fraction of sp³-hybridized carbons (Fsp3) is 0.875. The second-order valence-corrected chi connectivity index (χ2v) is 3.75. The second-order valence-electron chi connectivity index (χ2n) is 2.96. The topological polar surface area (TPSA) is 38.3 Å². The van der Waals surface area contributed by atoms with Gasteiger partial charge in [-0.3, -0.25) is 0 Å². The summed E-state index contributed by atoms with van der Waals surface area (Å²) in [6.07, 6.45) is 0.612. The number of alkyl halides is 1. The fourth-order valence-electron chi connectivity index (χ4n) is 0.551. The highest BCUT2D eigenvalue weighted by Gasteiger charge is 2.01. The molecule has 0 fully saturated rings. The molecule has 0 heterocycles. The van der Waals surface area contributed by atoms with E-state index in [-0.39, 0.29) is 6.09 Å².